The first-order chi connectivity index (χ1) is 10.3. The van der Waals surface area contributed by atoms with E-state index in [2.05, 4.69) is 18.2 Å². The standard InChI is InChI=1S/C18H31O3Si.ClH.Mg/c1-15(2)19-22(20-16(3)4,21-17(5)6)14-10-13-18-11-8-7-9-12-18;;/h8-9,11-12,15-17H,10,13-14H2,1-6H3;1H;/q-1;;+2/p-1. The maximum absolute atomic E-state index is 6.19. The molecule has 3 nitrogen and oxygen atoms in total. The van der Waals surface area contributed by atoms with E-state index >= 15 is 0 Å². The fourth-order valence-corrected chi connectivity index (χ4v) is 5.72. The molecule has 1 aromatic carbocycles. The maximum Gasteiger partial charge on any atom is 2.00 e. The van der Waals surface area contributed by atoms with Gasteiger partial charge in [0.05, 0.1) is 0 Å². The van der Waals surface area contributed by atoms with Crippen LogP contribution in [0.15, 0.2) is 24.3 Å². The second-order valence-corrected chi connectivity index (χ2v) is 9.02. The van der Waals surface area contributed by atoms with E-state index in [-0.39, 0.29) is 53.8 Å². The van der Waals surface area contributed by atoms with Gasteiger partial charge in [-0.05, 0) is 48.0 Å². The average Bonchev–Trinajstić information content (AvgIpc) is 2.37. The zero-order chi connectivity index (χ0) is 16.6. The number of aryl methyl sites for hydroxylation is 1. The summed E-state index contributed by atoms with van der Waals surface area (Å²) in [5.41, 5.74) is 1.32. The topological polar surface area (TPSA) is 27.7 Å². The molecule has 0 saturated heterocycles. The van der Waals surface area contributed by atoms with Crippen molar-refractivity contribution in [2.45, 2.75) is 78.7 Å². The van der Waals surface area contributed by atoms with Gasteiger partial charge in [-0.2, -0.15) is 35.9 Å². The third kappa shape index (κ3) is 11.1. The molecule has 0 saturated carbocycles. The molecule has 0 N–H and O–H groups in total. The van der Waals surface area contributed by atoms with Gasteiger partial charge >= 0.3 is 31.9 Å². The summed E-state index contributed by atoms with van der Waals surface area (Å²) in [7, 11) is -2.65. The van der Waals surface area contributed by atoms with Gasteiger partial charge in [0.2, 0.25) is 0 Å². The summed E-state index contributed by atoms with van der Waals surface area (Å²) in [6.07, 6.45) is 2.33. The van der Waals surface area contributed by atoms with Crippen LogP contribution in [-0.2, 0) is 19.7 Å². The molecule has 6 heteroatoms. The normalized spacial score (nSPS) is 11.5. The Hall–Kier alpha value is 0.373. The van der Waals surface area contributed by atoms with Crippen LogP contribution in [-0.4, -0.2) is 50.2 Å². The van der Waals surface area contributed by atoms with E-state index in [0.717, 1.165) is 18.9 Å². The molecule has 1 rings (SSSR count). The van der Waals surface area contributed by atoms with E-state index in [1.807, 2.05) is 53.7 Å². The van der Waals surface area contributed by atoms with Crippen molar-refractivity contribution in [2.24, 2.45) is 0 Å². The summed E-state index contributed by atoms with van der Waals surface area (Å²) >= 11 is 0. The van der Waals surface area contributed by atoms with E-state index in [1.54, 1.807) is 0 Å². The molecule has 0 amide bonds. The molecular weight excluding hydrogens is 352 g/mol. The Balaban J connectivity index is 0. The summed E-state index contributed by atoms with van der Waals surface area (Å²) in [4.78, 5) is 0. The summed E-state index contributed by atoms with van der Waals surface area (Å²) in [6, 6.07) is 12.0. The van der Waals surface area contributed by atoms with Gasteiger partial charge in [-0.15, -0.1) is 0 Å². The van der Waals surface area contributed by atoms with E-state index in [9.17, 15) is 0 Å². The number of benzene rings is 1. The minimum absolute atomic E-state index is 0. The van der Waals surface area contributed by atoms with Crippen molar-refractivity contribution in [3.8, 4) is 0 Å². The zero-order valence-electron chi connectivity index (χ0n) is 16.0. The number of hydrogen-bond acceptors (Lipinski definition) is 3. The molecule has 134 valence electrons. The molecule has 0 aromatic heterocycles. The van der Waals surface area contributed by atoms with Crippen LogP contribution in [0.2, 0.25) is 6.04 Å². The Bertz CT molecular complexity index is 389. The molecule has 0 aliphatic heterocycles. The van der Waals surface area contributed by atoms with Crippen molar-refractivity contribution in [2.75, 3.05) is 0 Å². The predicted octanol–water partition coefficient (Wildman–Crippen LogP) is 1.26. The molecule has 0 fully saturated rings. The van der Waals surface area contributed by atoms with Crippen molar-refractivity contribution < 1.29 is 25.7 Å². The fraction of sp³-hybridized carbons (Fsp3) is 0.667. The first-order valence-corrected chi connectivity index (χ1v) is 10.2. The van der Waals surface area contributed by atoms with Gasteiger partial charge in [0.15, 0.2) is 0 Å². The van der Waals surface area contributed by atoms with Crippen LogP contribution in [0.4, 0.5) is 0 Å². The van der Waals surface area contributed by atoms with Crippen LogP contribution in [0.3, 0.4) is 0 Å². The van der Waals surface area contributed by atoms with Crippen molar-refractivity contribution in [3.05, 3.63) is 35.9 Å². The van der Waals surface area contributed by atoms with Gasteiger partial charge in [-0.1, -0.05) is 6.42 Å². The second-order valence-electron chi connectivity index (χ2n) is 6.44. The molecule has 0 heterocycles. The Morgan fingerprint density at radius 2 is 1.29 bits per heavy atom. The van der Waals surface area contributed by atoms with Gasteiger partial charge in [0.1, 0.15) is 0 Å². The zero-order valence-corrected chi connectivity index (χ0v) is 19.1. The Morgan fingerprint density at radius 3 is 1.67 bits per heavy atom. The quantitative estimate of drug-likeness (QED) is 0.450. The summed E-state index contributed by atoms with van der Waals surface area (Å²) in [5.74, 6) is 0. The molecule has 0 aliphatic carbocycles. The smallest absolute Gasteiger partial charge is 1.00 e. The number of rotatable bonds is 10. The molecule has 0 spiro atoms. The molecule has 0 aliphatic rings. The number of hydrogen-bond donors (Lipinski definition) is 0. The molecule has 0 radical (unpaired) electrons. The fourth-order valence-electron chi connectivity index (χ4n) is 2.43. The van der Waals surface area contributed by atoms with Crippen LogP contribution >= 0.6 is 0 Å². The van der Waals surface area contributed by atoms with E-state index < -0.39 is 8.80 Å². The van der Waals surface area contributed by atoms with Crippen LogP contribution in [0.1, 0.15) is 53.5 Å². The molecule has 24 heavy (non-hydrogen) atoms. The first kappa shape index (κ1) is 26.6. The summed E-state index contributed by atoms with van der Waals surface area (Å²) in [5, 5.41) is 0. The van der Waals surface area contributed by atoms with Crippen molar-refractivity contribution in [1.82, 2.24) is 0 Å². The monoisotopic (exact) mass is 382 g/mol. The largest absolute Gasteiger partial charge is 2.00 e. The molecule has 0 unspecified atom stereocenters. The minimum Gasteiger partial charge on any atom is -1.00 e. The summed E-state index contributed by atoms with van der Waals surface area (Å²) < 4.78 is 18.6. The third-order valence-corrected chi connectivity index (χ3v) is 6.44. The molecule has 1 aromatic rings. The molecule has 0 atom stereocenters. The molecule has 0 bridgehead atoms. The first-order valence-electron chi connectivity index (χ1n) is 8.31. The van der Waals surface area contributed by atoms with Crippen LogP contribution < -0.4 is 12.4 Å². The van der Waals surface area contributed by atoms with Gasteiger partial charge in [-0.3, -0.25) is 0 Å². The second kappa shape index (κ2) is 13.6. The molecular formula is C18H31ClMgO3Si. The third-order valence-electron chi connectivity index (χ3n) is 2.98. The van der Waals surface area contributed by atoms with Crippen molar-refractivity contribution in [3.63, 3.8) is 0 Å². The average molecular weight is 383 g/mol. The van der Waals surface area contributed by atoms with Crippen LogP contribution in [0.5, 0.6) is 0 Å². The van der Waals surface area contributed by atoms with E-state index in [1.165, 1.54) is 5.56 Å². The van der Waals surface area contributed by atoms with Gasteiger partial charge in [0.25, 0.3) is 0 Å². The Labute approximate surface area is 171 Å². The van der Waals surface area contributed by atoms with Gasteiger partial charge in [0, 0.05) is 24.4 Å². The maximum atomic E-state index is 6.19. The Kier molecular flexibility index (Phi) is 15.0. The van der Waals surface area contributed by atoms with Crippen molar-refractivity contribution in [1.29, 1.82) is 0 Å². The predicted molar refractivity (Wildman–Crippen MR) is 98.6 cm³/mol. The Morgan fingerprint density at radius 1 is 0.875 bits per heavy atom. The van der Waals surface area contributed by atoms with Gasteiger partial charge < -0.3 is 25.7 Å². The minimum atomic E-state index is -2.65. The van der Waals surface area contributed by atoms with Crippen LogP contribution in [0, 0.1) is 6.07 Å². The van der Waals surface area contributed by atoms with Crippen molar-refractivity contribution >= 4 is 31.9 Å². The van der Waals surface area contributed by atoms with Crippen LogP contribution in [0.25, 0.3) is 0 Å². The SMILES string of the molecule is CC(C)O[Si](CCCc1cc[c-]cc1)(OC(C)C)OC(C)C.[Cl-].[Mg+2]. The number of halogens is 1. The summed E-state index contributed by atoms with van der Waals surface area (Å²) in [6.45, 7) is 12.3. The van der Waals surface area contributed by atoms with Gasteiger partial charge in [-0.25, -0.2) is 0 Å². The van der Waals surface area contributed by atoms with E-state index in [4.69, 9.17) is 13.3 Å². The van der Waals surface area contributed by atoms with E-state index in [0.29, 0.717) is 0 Å².